The van der Waals surface area contributed by atoms with Gasteiger partial charge in [0.2, 0.25) is 0 Å². The fourth-order valence-electron chi connectivity index (χ4n) is 2.54. The lowest BCUT2D eigenvalue weighted by atomic mass is 10.2. The third kappa shape index (κ3) is 4.55. The molecular weight excluding hydrogens is 378 g/mol. The molecule has 0 aromatic heterocycles. The van der Waals surface area contributed by atoms with E-state index < -0.39 is 10.0 Å². The zero-order valence-corrected chi connectivity index (χ0v) is 16.6. The van der Waals surface area contributed by atoms with Crippen LogP contribution in [-0.4, -0.2) is 22.6 Å². The van der Waals surface area contributed by atoms with Crippen molar-refractivity contribution in [3.8, 4) is 23.0 Å². The average Bonchev–Trinajstić information content (AvgIpc) is 2.70. The summed E-state index contributed by atoms with van der Waals surface area (Å²) in [4.78, 5) is -0.00525. The van der Waals surface area contributed by atoms with Gasteiger partial charge in [-0.1, -0.05) is 17.7 Å². The highest BCUT2D eigenvalue weighted by Gasteiger charge is 2.20. The number of methoxy groups -OCH3 is 2. The number of benzene rings is 3. The third-order valence-electron chi connectivity index (χ3n) is 4.02. The second-order valence-corrected chi connectivity index (χ2v) is 7.71. The van der Waals surface area contributed by atoms with Crippen molar-refractivity contribution < 1.29 is 22.6 Å². The van der Waals surface area contributed by atoms with E-state index in [-0.39, 0.29) is 10.6 Å². The van der Waals surface area contributed by atoms with Crippen molar-refractivity contribution in [2.24, 2.45) is 0 Å². The molecule has 7 heteroatoms. The van der Waals surface area contributed by atoms with Crippen molar-refractivity contribution in [3.63, 3.8) is 0 Å². The predicted octanol–water partition coefficient (Wildman–Crippen LogP) is 4.61. The highest BCUT2D eigenvalue weighted by molar-refractivity contribution is 7.92. The monoisotopic (exact) mass is 399 g/mol. The lowest BCUT2D eigenvalue weighted by Gasteiger charge is -2.13. The molecule has 1 N–H and O–H groups in total. The van der Waals surface area contributed by atoms with E-state index in [1.54, 1.807) is 36.4 Å². The Balaban J connectivity index is 1.78. The molecule has 0 aliphatic rings. The SMILES string of the molecule is COc1ccc(OC)c(S(=O)(=O)Nc2ccc(Oc3ccc(C)cc3)cc2)c1. The van der Waals surface area contributed by atoms with Gasteiger partial charge in [-0.05, 0) is 55.5 Å². The van der Waals surface area contributed by atoms with Crippen molar-refractivity contribution in [2.75, 3.05) is 18.9 Å². The van der Waals surface area contributed by atoms with Crippen molar-refractivity contribution in [1.29, 1.82) is 0 Å². The van der Waals surface area contributed by atoms with E-state index in [1.165, 1.54) is 20.3 Å². The molecule has 0 aliphatic heterocycles. The number of sulfonamides is 1. The largest absolute Gasteiger partial charge is 0.497 e. The molecular formula is C21H21NO5S. The number of hydrogen-bond acceptors (Lipinski definition) is 5. The number of aryl methyl sites for hydroxylation is 1. The first kappa shape index (κ1) is 19.6. The van der Waals surface area contributed by atoms with E-state index in [1.807, 2.05) is 31.2 Å². The number of anilines is 1. The molecule has 0 bridgehead atoms. The molecule has 3 aromatic rings. The Labute approximate surface area is 164 Å². The van der Waals surface area contributed by atoms with Gasteiger partial charge in [0.25, 0.3) is 10.0 Å². The Morgan fingerprint density at radius 2 is 1.32 bits per heavy atom. The van der Waals surface area contributed by atoms with Crippen LogP contribution in [0.15, 0.2) is 71.6 Å². The van der Waals surface area contributed by atoms with Crippen LogP contribution in [0.1, 0.15) is 5.56 Å². The first-order valence-electron chi connectivity index (χ1n) is 8.51. The van der Waals surface area contributed by atoms with Gasteiger partial charge in [-0.25, -0.2) is 8.42 Å². The molecule has 6 nitrogen and oxygen atoms in total. The van der Waals surface area contributed by atoms with Crippen LogP contribution in [0.25, 0.3) is 0 Å². The van der Waals surface area contributed by atoms with E-state index in [0.29, 0.717) is 22.9 Å². The normalized spacial score (nSPS) is 11.0. The van der Waals surface area contributed by atoms with E-state index >= 15 is 0 Å². The van der Waals surface area contributed by atoms with Crippen molar-refractivity contribution >= 4 is 15.7 Å². The van der Waals surface area contributed by atoms with Gasteiger partial charge in [0, 0.05) is 11.8 Å². The molecule has 0 aliphatic carbocycles. The lowest BCUT2D eigenvalue weighted by molar-refractivity contribution is 0.392. The van der Waals surface area contributed by atoms with Gasteiger partial charge < -0.3 is 14.2 Å². The lowest BCUT2D eigenvalue weighted by Crippen LogP contribution is -2.14. The Bertz CT molecular complexity index is 1050. The molecule has 0 amide bonds. The quantitative estimate of drug-likeness (QED) is 0.628. The van der Waals surface area contributed by atoms with Crippen molar-refractivity contribution in [1.82, 2.24) is 0 Å². The highest BCUT2D eigenvalue weighted by Crippen LogP contribution is 2.30. The molecule has 0 saturated carbocycles. The third-order valence-corrected chi connectivity index (χ3v) is 5.43. The van der Waals surface area contributed by atoms with E-state index in [2.05, 4.69) is 4.72 Å². The van der Waals surface area contributed by atoms with Gasteiger partial charge in [-0.3, -0.25) is 4.72 Å². The summed E-state index contributed by atoms with van der Waals surface area (Å²) in [6.07, 6.45) is 0. The first-order chi connectivity index (χ1) is 13.4. The van der Waals surface area contributed by atoms with Gasteiger partial charge in [-0.2, -0.15) is 0 Å². The van der Waals surface area contributed by atoms with E-state index in [0.717, 1.165) is 5.56 Å². The molecule has 0 unspecified atom stereocenters. The van der Waals surface area contributed by atoms with Gasteiger partial charge in [0.15, 0.2) is 0 Å². The number of hydrogen-bond donors (Lipinski definition) is 1. The summed E-state index contributed by atoms with van der Waals surface area (Å²) in [7, 11) is -0.976. The van der Waals surface area contributed by atoms with Crippen LogP contribution in [0.4, 0.5) is 5.69 Å². The van der Waals surface area contributed by atoms with E-state index in [9.17, 15) is 8.42 Å². The summed E-state index contributed by atoms with van der Waals surface area (Å²) < 4.78 is 44.1. The van der Waals surface area contributed by atoms with Crippen LogP contribution in [0.3, 0.4) is 0 Å². The van der Waals surface area contributed by atoms with Crippen LogP contribution in [0.2, 0.25) is 0 Å². The van der Waals surface area contributed by atoms with Crippen LogP contribution in [0, 0.1) is 6.92 Å². The standard InChI is InChI=1S/C21H21NO5S/c1-15-4-8-17(9-5-15)27-18-10-6-16(7-11-18)22-28(23,24)21-14-19(25-2)12-13-20(21)26-3/h4-14,22H,1-3H3. The highest BCUT2D eigenvalue weighted by atomic mass is 32.2. The zero-order chi connectivity index (χ0) is 20.1. The fourth-order valence-corrected chi connectivity index (χ4v) is 3.78. The Morgan fingerprint density at radius 3 is 1.89 bits per heavy atom. The summed E-state index contributed by atoms with van der Waals surface area (Å²) in [6.45, 7) is 2.00. The fraction of sp³-hybridized carbons (Fsp3) is 0.143. The molecule has 0 fully saturated rings. The summed E-state index contributed by atoms with van der Waals surface area (Å²) >= 11 is 0. The minimum absolute atomic E-state index is 0.00525. The molecule has 0 saturated heterocycles. The summed E-state index contributed by atoms with van der Waals surface area (Å²) in [5.41, 5.74) is 1.55. The minimum Gasteiger partial charge on any atom is -0.497 e. The summed E-state index contributed by atoms with van der Waals surface area (Å²) in [5, 5.41) is 0. The van der Waals surface area contributed by atoms with Gasteiger partial charge in [0.05, 0.1) is 14.2 Å². The predicted molar refractivity (Wildman–Crippen MR) is 108 cm³/mol. The Hall–Kier alpha value is -3.19. The van der Waals surface area contributed by atoms with Crippen LogP contribution >= 0.6 is 0 Å². The van der Waals surface area contributed by atoms with Crippen molar-refractivity contribution in [3.05, 3.63) is 72.3 Å². The number of rotatable bonds is 7. The Morgan fingerprint density at radius 1 is 0.750 bits per heavy atom. The molecule has 0 radical (unpaired) electrons. The zero-order valence-electron chi connectivity index (χ0n) is 15.8. The Kier molecular flexibility index (Phi) is 5.75. The summed E-state index contributed by atoms with van der Waals surface area (Å²) in [5.74, 6) is 1.96. The maximum absolute atomic E-state index is 12.8. The minimum atomic E-state index is -3.86. The van der Waals surface area contributed by atoms with Crippen LogP contribution in [0.5, 0.6) is 23.0 Å². The molecule has 0 atom stereocenters. The second kappa shape index (κ2) is 8.22. The molecule has 3 rings (SSSR count). The van der Waals surface area contributed by atoms with Crippen LogP contribution < -0.4 is 18.9 Å². The maximum atomic E-state index is 12.8. The van der Waals surface area contributed by atoms with Gasteiger partial charge in [0.1, 0.15) is 27.9 Å². The first-order valence-corrected chi connectivity index (χ1v) is 9.99. The second-order valence-electron chi connectivity index (χ2n) is 6.06. The topological polar surface area (TPSA) is 73.9 Å². The van der Waals surface area contributed by atoms with Gasteiger partial charge in [-0.15, -0.1) is 0 Å². The molecule has 0 heterocycles. The smallest absolute Gasteiger partial charge is 0.265 e. The molecule has 0 spiro atoms. The van der Waals surface area contributed by atoms with E-state index in [4.69, 9.17) is 14.2 Å². The number of ether oxygens (including phenoxy) is 3. The van der Waals surface area contributed by atoms with Crippen LogP contribution in [-0.2, 0) is 10.0 Å². The summed E-state index contributed by atoms with van der Waals surface area (Å²) in [6, 6.07) is 18.9. The molecule has 3 aromatic carbocycles. The molecule has 28 heavy (non-hydrogen) atoms. The van der Waals surface area contributed by atoms with Crippen molar-refractivity contribution in [2.45, 2.75) is 11.8 Å². The van der Waals surface area contributed by atoms with Gasteiger partial charge >= 0.3 is 0 Å². The average molecular weight is 399 g/mol. The maximum Gasteiger partial charge on any atom is 0.265 e. The number of nitrogens with one attached hydrogen (secondary N) is 1. The molecule has 146 valence electrons.